The molecule has 0 saturated carbocycles. The molecule has 2 aromatic rings. The van der Waals surface area contributed by atoms with E-state index in [-0.39, 0.29) is 11.9 Å². The summed E-state index contributed by atoms with van der Waals surface area (Å²) in [5.41, 5.74) is 2.16. The summed E-state index contributed by atoms with van der Waals surface area (Å²) in [4.78, 5) is 14.7. The Morgan fingerprint density at radius 1 is 1.00 bits per heavy atom. The van der Waals surface area contributed by atoms with E-state index >= 15 is 0 Å². The summed E-state index contributed by atoms with van der Waals surface area (Å²) < 4.78 is 0.837. The molecule has 1 saturated heterocycles. The van der Waals surface area contributed by atoms with E-state index < -0.39 is 0 Å². The van der Waals surface area contributed by atoms with Crippen LogP contribution >= 0.6 is 24.0 Å². The Kier molecular flexibility index (Phi) is 6.48. The molecule has 0 unspecified atom stereocenters. The van der Waals surface area contributed by atoms with Crippen LogP contribution in [0, 0.1) is 0 Å². The molecule has 1 N–H and O–H groups in total. The second-order valence-electron chi connectivity index (χ2n) is 6.07. The van der Waals surface area contributed by atoms with Crippen molar-refractivity contribution in [2.75, 3.05) is 18.8 Å². The lowest BCUT2D eigenvalue weighted by molar-refractivity contribution is -0.119. The van der Waals surface area contributed by atoms with Gasteiger partial charge in [0.2, 0.25) is 5.91 Å². The fourth-order valence-corrected chi connectivity index (χ4v) is 4.03. The largest absolute Gasteiger partial charge is 0.358 e. The summed E-state index contributed by atoms with van der Waals surface area (Å²) in [5, 5.41) is 3.16. The van der Waals surface area contributed by atoms with Crippen LogP contribution in [0.15, 0.2) is 60.7 Å². The zero-order valence-corrected chi connectivity index (χ0v) is 15.7. The maximum absolute atomic E-state index is 12.5. The Balaban J connectivity index is 1.64. The lowest BCUT2D eigenvalue weighted by atomic mass is 9.99. The number of hydrogen-bond donors (Lipinski definition) is 1. The van der Waals surface area contributed by atoms with Crippen molar-refractivity contribution in [3.05, 3.63) is 71.8 Å². The van der Waals surface area contributed by atoms with Crippen LogP contribution in [0.4, 0.5) is 0 Å². The van der Waals surface area contributed by atoms with Gasteiger partial charge in [0.05, 0.1) is 11.8 Å². The highest BCUT2D eigenvalue weighted by atomic mass is 32.2. The molecular formula is C20H22N2OS2. The third kappa shape index (κ3) is 5.06. The van der Waals surface area contributed by atoms with Crippen molar-refractivity contribution in [2.45, 2.75) is 18.9 Å². The second-order valence-corrected chi connectivity index (χ2v) is 7.68. The molecule has 3 rings (SSSR count). The van der Waals surface area contributed by atoms with Gasteiger partial charge in [0.15, 0.2) is 0 Å². The molecule has 1 heterocycles. The van der Waals surface area contributed by atoms with E-state index in [0.717, 1.165) is 28.5 Å². The molecule has 25 heavy (non-hydrogen) atoms. The van der Waals surface area contributed by atoms with Gasteiger partial charge in [0.25, 0.3) is 0 Å². The molecule has 1 aliphatic heterocycles. The number of benzene rings is 2. The minimum absolute atomic E-state index is 0.00394. The van der Waals surface area contributed by atoms with Crippen LogP contribution in [0.5, 0.6) is 0 Å². The molecule has 1 fully saturated rings. The van der Waals surface area contributed by atoms with Crippen LogP contribution in [-0.2, 0) is 4.79 Å². The first-order valence-electron chi connectivity index (χ1n) is 8.55. The van der Waals surface area contributed by atoms with Crippen molar-refractivity contribution >= 4 is 34.2 Å². The topological polar surface area (TPSA) is 32.3 Å². The molecule has 0 spiro atoms. The van der Waals surface area contributed by atoms with Gasteiger partial charge in [-0.3, -0.25) is 4.79 Å². The number of amides is 1. The predicted octanol–water partition coefficient (Wildman–Crippen LogP) is 4.01. The fourth-order valence-electron chi connectivity index (χ4n) is 2.97. The van der Waals surface area contributed by atoms with E-state index in [1.54, 1.807) is 0 Å². The Labute approximate surface area is 158 Å². The summed E-state index contributed by atoms with van der Waals surface area (Å²) in [5.74, 6) is 0.357. The highest BCUT2D eigenvalue weighted by Crippen LogP contribution is 2.22. The maximum Gasteiger partial charge on any atom is 0.231 e. The molecule has 3 nitrogen and oxygen atoms in total. The zero-order valence-electron chi connectivity index (χ0n) is 14.1. The second kappa shape index (κ2) is 9.02. The molecular weight excluding hydrogens is 348 g/mol. The average molecular weight is 371 g/mol. The van der Waals surface area contributed by atoms with Crippen LogP contribution in [0.1, 0.15) is 30.0 Å². The molecule has 0 radical (unpaired) electrons. The van der Waals surface area contributed by atoms with Gasteiger partial charge in [-0.15, -0.1) is 0 Å². The van der Waals surface area contributed by atoms with Gasteiger partial charge in [0.1, 0.15) is 4.32 Å². The van der Waals surface area contributed by atoms with Crippen LogP contribution in [-0.4, -0.2) is 34.0 Å². The number of thioether (sulfide) groups is 1. The minimum atomic E-state index is -0.143. The first-order chi connectivity index (χ1) is 12.2. The monoisotopic (exact) mass is 370 g/mol. The van der Waals surface area contributed by atoms with Crippen molar-refractivity contribution < 1.29 is 4.79 Å². The van der Waals surface area contributed by atoms with Crippen molar-refractivity contribution in [1.82, 2.24) is 10.2 Å². The highest BCUT2D eigenvalue weighted by Gasteiger charge is 2.19. The van der Waals surface area contributed by atoms with Gasteiger partial charge < -0.3 is 10.2 Å². The van der Waals surface area contributed by atoms with Crippen molar-refractivity contribution in [3.63, 3.8) is 0 Å². The average Bonchev–Trinajstić information content (AvgIpc) is 3.20. The van der Waals surface area contributed by atoms with E-state index in [1.807, 2.05) is 60.7 Å². The number of nitrogens with zero attached hydrogens (tertiary/aromatic N) is 1. The smallest absolute Gasteiger partial charge is 0.231 e. The number of thiocarbonyl (C=S) groups is 1. The molecule has 0 atom stereocenters. The SMILES string of the molecule is O=C(CSC(=S)N1CCCC1)NC(c1ccccc1)c1ccccc1. The summed E-state index contributed by atoms with van der Waals surface area (Å²) in [6.45, 7) is 2.04. The Morgan fingerprint density at radius 2 is 1.52 bits per heavy atom. The van der Waals surface area contributed by atoms with E-state index in [1.165, 1.54) is 24.6 Å². The number of hydrogen-bond acceptors (Lipinski definition) is 3. The summed E-state index contributed by atoms with van der Waals surface area (Å²) in [7, 11) is 0. The highest BCUT2D eigenvalue weighted by molar-refractivity contribution is 8.23. The Hall–Kier alpha value is -1.85. The van der Waals surface area contributed by atoms with Crippen LogP contribution in [0.25, 0.3) is 0 Å². The lowest BCUT2D eigenvalue weighted by Gasteiger charge is -2.21. The predicted molar refractivity (Wildman–Crippen MR) is 109 cm³/mol. The quantitative estimate of drug-likeness (QED) is 0.806. The molecule has 1 amide bonds. The normalized spacial score (nSPS) is 13.9. The Bertz CT molecular complexity index is 661. The summed E-state index contributed by atoms with van der Waals surface area (Å²) in [6.07, 6.45) is 2.38. The standard InChI is InChI=1S/C20H22N2OS2/c23-18(15-25-20(24)22-13-7-8-14-22)21-19(16-9-3-1-4-10-16)17-11-5-2-6-12-17/h1-6,9-12,19H,7-8,13-15H2,(H,21,23). The lowest BCUT2D eigenvalue weighted by Crippen LogP contribution is -2.32. The van der Waals surface area contributed by atoms with E-state index in [4.69, 9.17) is 12.2 Å². The van der Waals surface area contributed by atoms with Crippen molar-refractivity contribution in [2.24, 2.45) is 0 Å². The molecule has 2 aromatic carbocycles. The maximum atomic E-state index is 12.5. The van der Waals surface area contributed by atoms with Gasteiger partial charge in [0, 0.05) is 13.1 Å². The number of nitrogens with one attached hydrogen (secondary N) is 1. The van der Waals surface area contributed by atoms with E-state index in [9.17, 15) is 4.79 Å². The van der Waals surface area contributed by atoms with Gasteiger partial charge >= 0.3 is 0 Å². The van der Waals surface area contributed by atoms with Crippen molar-refractivity contribution in [1.29, 1.82) is 0 Å². The molecule has 0 bridgehead atoms. The summed E-state index contributed by atoms with van der Waals surface area (Å²) in [6, 6.07) is 20.0. The van der Waals surface area contributed by atoms with Crippen LogP contribution < -0.4 is 5.32 Å². The van der Waals surface area contributed by atoms with Gasteiger partial charge in [-0.2, -0.15) is 0 Å². The minimum Gasteiger partial charge on any atom is -0.358 e. The number of likely N-dealkylation sites (tertiary alicyclic amines) is 1. The van der Waals surface area contributed by atoms with Crippen LogP contribution in [0.2, 0.25) is 0 Å². The van der Waals surface area contributed by atoms with E-state index in [0.29, 0.717) is 5.75 Å². The Morgan fingerprint density at radius 3 is 2.04 bits per heavy atom. The number of carbonyl (C=O) groups is 1. The first kappa shape index (κ1) is 18.0. The van der Waals surface area contributed by atoms with Gasteiger partial charge in [-0.1, -0.05) is 84.6 Å². The van der Waals surface area contributed by atoms with E-state index in [2.05, 4.69) is 10.2 Å². The molecule has 5 heteroatoms. The molecule has 0 aliphatic carbocycles. The third-order valence-electron chi connectivity index (χ3n) is 4.26. The summed E-state index contributed by atoms with van der Waals surface area (Å²) >= 11 is 6.90. The number of carbonyl (C=O) groups excluding carboxylic acids is 1. The van der Waals surface area contributed by atoms with Crippen LogP contribution in [0.3, 0.4) is 0 Å². The molecule has 1 aliphatic rings. The number of rotatable bonds is 5. The van der Waals surface area contributed by atoms with Gasteiger partial charge in [-0.05, 0) is 24.0 Å². The molecule has 130 valence electrons. The van der Waals surface area contributed by atoms with Gasteiger partial charge in [-0.25, -0.2) is 0 Å². The third-order valence-corrected chi connectivity index (χ3v) is 5.79. The molecule has 0 aromatic heterocycles. The fraction of sp³-hybridized carbons (Fsp3) is 0.300. The van der Waals surface area contributed by atoms with Crippen molar-refractivity contribution in [3.8, 4) is 0 Å². The first-order valence-corrected chi connectivity index (χ1v) is 9.94. The zero-order chi connectivity index (χ0) is 17.5.